The van der Waals surface area contributed by atoms with Gasteiger partial charge in [-0.05, 0) is 18.8 Å². The van der Waals surface area contributed by atoms with E-state index in [2.05, 4.69) is 24.1 Å². The Labute approximate surface area is 98.6 Å². The van der Waals surface area contributed by atoms with Crippen molar-refractivity contribution in [1.29, 1.82) is 0 Å². The minimum absolute atomic E-state index is 0.0759. The molecule has 1 aliphatic heterocycles. The summed E-state index contributed by atoms with van der Waals surface area (Å²) in [6.45, 7) is 5.10. The van der Waals surface area contributed by atoms with E-state index in [0.717, 1.165) is 13.1 Å². The first-order valence-corrected chi connectivity index (χ1v) is 6.78. The zero-order valence-electron chi connectivity index (χ0n) is 10.5. The molecule has 3 nitrogen and oxygen atoms in total. The Bertz CT molecular complexity index is 248. The Hall–Kier alpha value is -0.570. The molecule has 3 heteroatoms. The summed E-state index contributed by atoms with van der Waals surface area (Å²) in [7, 11) is 0. The Kier molecular flexibility index (Phi) is 3.85. The van der Waals surface area contributed by atoms with Crippen LogP contribution in [0.4, 0.5) is 0 Å². The Morgan fingerprint density at radius 1 is 1.38 bits per heavy atom. The Balaban J connectivity index is 1.95. The lowest BCUT2D eigenvalue weighted by Crippen LogP contribution is -2.41. The minimum atomic E-state index is 0.0759. The van der Waals surface area contributed by atoms with Crippen LogP contribution in [0.3, 0.4) is 0 Å². The Morgan fingerprint density at radius 2 is 2.06 bits per heavy atom. The van der Waals surface area contributed by atoms with E-state index in [1.54, 1.807) is 0 Å². The maximum absolute atomic E-state index is 12.3. The lowest BCUT2D eigenvalue weighted by atomic mass is 9.93. The van der Waals surface area contributed by atoms with Crippen molar-refractivity contribution in [3.8, 4) is 0 Å². The van der Waals surface area contributed by atoms with Crippen LogP contribution < -0.4 is 5.32 Å². The van der Waals surface area contributed by atoms with Gasteiger partial charge in [-0.2, -0.15) is 0 Å². The van der Waals surface area contributed by atoms with Crippen LogP contribution in [0.15, 0.2) is 0 Å². The molecule has 2 aliphatic rings. The van der Waals surface area contributed by atoms with Crippen molar-refractivity contribution in [2.24, 2.45) is 5.92 Å². The third-order valence-corrected chi connectivity index (χ3v) is 4.26. The van der Waals surface area contributed by atoms with Gasteiger partial charge in [0.05, 0.1) is 12.7 Å². The van der Waals surface area contributed by atoms with Gasteiger partial charge in [0.2, 0.25) is 5.91 Å². The molecule has 0 bridgehead atoms. The fraction of sp³-hybridized carbons (Fsp3) is 0.923. The largest absolute Gasteiger partial charge is 0.326 e. The fourth-order valence-electron chi connectivity index (χ4n) is 2.92. The number of hydrogen-bond acceptors (Lipinski definition) is 2. The number of rotatable bonds is 3. The van der Waals surface area contributed by atoms with E-state index in [4.69, 9.17) is 0 Å². The monoisotopic (exact) mass is 224 g/mol. The molecular formula is C13H24N2O. The smallest absolute Gasteiger partial charge is 0.241 e. The number of nitrogens with zero attached hydrogens (tertiary/aromatic N) is 1. The fourth-order valence-corrected chi connectivity index (χ4v) is 2.92. The molecule has 1 saturated carbocycles. The predicted octanol–water partition coefficient (Wildman–Crippen LogP) is 2.12. The first kappa shape index (κ1) is 11.9. The van der Waals surface area contributed by atoms with E-state index >= 15 is 0 Å². The molecule has 2 unspecified atom stereocenters. The molecule has 1 saturated heterocycles. The van der Waals surface area contributed by atoms with Gasteiger partial charge in [0.25, 0.3) is 0 Å². The highest BCUT2D eigenvalue weighted by atomic mass is 16.2. The van der Waals surface area contributed by atoms with Gasteiger partial charge in [-0.1, -0.05) is 39.5 Å². The maximum atomic E-state index is 12.3. The summed E-state index contributed by atoms with van der Waals surface area (Å²) >= 11 is 0. The topological polar surface area (TPSA) is 32.3 Å². The standard InChI is InChI=1S/C13H24N2O/c1-3-10(2)12-13(16)15(9-14-12)11-7-5-4-6-8-11/h10-12,14H,3-9H2,1-2H3. The van der Waals surface area contributed by atoms with Crippen molar-refractivity contribution in [1.82, 2.24) is 10.2 Å². The van der Waals surface area contributed by atoms with Gasteiger partial charge in [0.1, 0.15) is 0 Å². The molecular weight excluding hydrogens is 200 g/mol. The second-order valence-corrected chi connectivity index (χ2v) is 5.33. The number of carbonyl (C=O) groups excluding carboxylic acids is 1. The van der Waals surface area contributed by atoms with E-state index in [1.165, 1.54) is 32.1 Å². The molecule has 2 fully saturated rings. The molecule has 16 heavy (non-hydrogen) atoms. The molecule has 92 valence electrons. The average molecular weight is 224 g/mol. The van der Waals surface area contributed by atoms with E-state index in [9.17, 15) is 4.79 Å². The van der Waals surface area contributed by atoms with Crippen molar-refractivity contribution in [3.63, 3.8) is 0 Å². The third kappa shape index (κ3) is 2.24. The van der Waals surface area contributed by atoms with Gasteiger partial charge in [-0.3, -0.25) is 10.1 Å². The highest BCUT2D eigenvalue weighted by molar-refractivity contribution is 5.84. The Morgan fingerprint density at radius 3 is 2.69 bits per heavy atom. The number of carbonyl (C=O) groups is 1. The van der Waals surface area contributed by atoms with Gasteiger partial charge in [0, 0.05) is 6.04 Å². The average Bonchev–Trinajstić information content (AvgIpc) is 2.71. The van der Waals surface area contributed by atoms with Gasteiger partial charge in [-0.25, -0.2) is 0 Å². The first-order valence-electron chi connectivity index (χ1n) is 6.78. The molecule has 0 spiro atoms. The summed E-state index contributed by atoms with van der Waals surface area (Å²) in [6.07, 6.45) is 7.43. The van der Waals surface area contributed by atoms with Crippen molar-refractivity contribution < 1.29 is 4.79 Å². The van der Waals surface area contributed by atoms with Crippen molar-refractivity contribution in [2.75, 3.05) is 6.67 Å². The molecule has 0 aromatic heterocycles. The second kappa shape index (κ2) is 5.17. The molecule has 2 rings (SSSR count). The summed E-state index contributed by atoms with van der Waals surface area (Å²) in [5.74, 6) is 0.808. The molecule has 0 aromatic carbocycles. The minimum Gasteiger partial charge on any atom is -0.326 e. The van der Waals surface area contributed by atoms with Crippen molar-refractivity contribution in [2.45, 2.75) is 64.5 Å². The summed E-state index contributed by atoms with van der Waals surface area (Å²) < 4.78 is 0. The predicted molar refractivity (Wildman–Crippen MR) is 65.0 cm³/mol. The molecule has 0 radical (unpaired) electrons. The van der Waals surface area contributed by atoms with Crippen LogP contribution in [0.25, 0.3) is 0 Å². The zero-order valence-corrected chi connectivity index (χ0v) is 10.5. The van der Waals surface area contributed by atoms with Gasteiger partial charge in [-0.15, -0.1) is 0 Å². The number of hydrogen-bond donors (Lipinski definition) is 1. The van der Waals surface area contributed by atoms with Crippen molar-refractivity contribution >= 4 is 5.91 Å². The van der Waals surface area contributed by atoms with E-state index in [1.807, 2.05) is 0 Å². The van der Waals surface area contributed by atoms with Crippen LogP contribution in [0.1, 0.15) is 52.4 Å². The molecule has 2 atom stereocenters. The van der Waals surface area contributed by atoms with Crippen LogP contribution in [0.2, 0.25) is 0 Å². The highest BCUT2D eigenvalue weighted by Crippen LogP contribution is 2.26. The maximum Gasteiger partial charge on any atom is 0.241 e. The van der Waals surface area contributed by atoms with Crippen LogP contribution in [-0.4, -0.2) is 29.6 Å². The molecule has 1 heterocycles. The van der Waals surface area contributed by atoms with Crippen LogP contribution in [-0.2, 0) is 4.79 Å². The second-order valence-electron chi connectivity index (χ2n) is 5.33. The van der Waals surface area contributed by atoms with E-state index in [0.29, 0.717) is 17.9 Å². The van der Waals surface area contributed by atoms with E-state index < -0.39 is 0 Å². The first-order chi connectivity index (χ1) is 7.74. The number of amides is 1. The quantitative estimate of drug-likeness (QED) is 0.796. The lowest BCUT2D eigenvalue weighted by Gasteiger charge is -2.30. The molecule has 1 amide bonds. The van der Waals surface area contributed by atoms with Crippen LogP contribution >= 0.6 is 0 Å². The van der Waals surface area contributed by atoms with Gasteiger partial charge >= 0.3 is 0 Å². The zero-order chi connectivity index (χ0) is 11.5. The summed E-state index contributed by atoms with van der Waals surface area (Å²) in [5, 5.41) is 3.38. The highest BCUT2D eigenvalue weighted by Gasteiger charge is 2.37. The van der Waals surface area contributed by atoms with E-state index in [-0.39, 0.29) is 6.04 Å². The van der Waals surface area contributed by atoms with Crippen LogP contribution in [0, 0.1) is 5.92 Å². The molecule has 1 aliphatic carbocycles. The lowest BCUT2D eigenvalue weighted by molar-refractivity contribution is -0.132. The molecule has 1 N–H and O–H groups in total. The summed E-state index contributed by atoms with van der Waals surface area (Å²) in [4.78, 5) is 14.4. The summed E-state index contributed by atoms with van der Waals surface area (Å²) in [6, 6.07) is 0.592. The van der Waals surface area contributed by atoms with Crippen LogP contribution in [0.5, 0.6) is 0 Å². The van der Waals surface area contributed by atoms with Gasteiger partial charge < -0.3 is 4.90 Å². The third-order valence-electron chi connectivity index (χ3n) is 4.26. The summed E-state index contributed by atoms with van der Waals surface area (Å²) in [5.41, 5.74) is 0. The van der Waals surface area contributed by atoms with Gasteiger partial charge in [0.15, 0.2) is 0 Å². The number of nitrogens with one attached hydrogen (secondary N) is 1. The normalized spacial score (nSPS) is 29.8. The SMILES string of the molecule is CCC(C)C1NCN(C2CCCCC2)C1=O. The molecule has 0 aromatic rings. The van der Waals surface area contributed by atoms with Crippen molar-refractivity contribution in [3.05, 3.63) is 0 Å².